The van der Waals surface area contributed by atoms with Gasteiger partial charge < -0.3 is 56.8 Å². The average molecular weight is 1540 g/mol. The summed E-state index contributed by atoms with van der Waals surface area (Å²) in [6, 6.07) is 0. The topological polar surface area (TPSA) is 316 Å². The smallest absolute Gasteiger partial charge is 0.311 e. The molecule has 0 amide bonds. The van der Waals surface area contributed by atoms with E-state index in [9.17, 15) is 57.5 Å². The van der Waals surface area contributed by atoms with Crippen LogP contribution in [0, 0.1) is 116 Å². The average Bonchev–Trinajstić information content (AvgIpc) is 1.57. The summed E-state index contributed by atoms with van der Waals surface area (Å²) in [5.74, 6) is -8.57. The van der Waals surface area contributed by atoms with Gasteiger partial charge in [0.05, 0.1) is 69.0 Å². The van der Waals surface area contributed by atoms with Crippen LogP contribution in [0.1, 0.15) is 277 Å². The van der Waals surface area contributed by atoms with Crippen LogP contribution in [-0.4, -0.2) is 143 Å². The van der Waals surface area contributed by atoms with Crippen molar-refractivity contribution >= 4 is 71.6 Å². The maximum Gasteiger partial charge on any atom is 0.311 e. The molecule has 24 atom stereocenters. The molecule has 12 saturated carbocycles. The van der Waals surface area contributed by atoms with Gasteiger partial charge in [0.2, 0.25) is 0 Å². The van der Waals surface area contributed by atoms with Gasteiger partial charge in [-0.05, 0) is 230 Å². The van der Waals surface area contributed by atoms with E-state index >= 15 is 0 Å². The Hall–Kier alpha value is -6.36. The highest BCUT2D eigenvalue weighted by Crippen LogP contribution is 2.64. The van der Waals surface area contributed by atoms with Crippen LogP contribution < -0.4 is 0 Å². The summed E-state index contributed by atoms with van der Waals surface area (Å²) in [6.07, 6.45) is 20.2. The number of hydrogen-bond acceptors (Lipinski definition) is 24. The number of carbonyl (C=O) groups excluding carboxylic acids is 12. The highest BCUT2D eigenvalue weighted by molar-refractivity contribution is 5.90. The van der Waals surface area contributed by atoms with Crippen molar-refractivity contribution < 1.29 is 114 Å². The molecule has 4 aliphatic heterocycles. The third-order valence-corrected chi connectivity index (χ3v) is 30.6. The van der Waals surface area contributed by atoms with E-state index < -0.39 is 135 Å². The lowest BCUT2D eigenvalue weighted by Gasteiger charge is -2.37. The Morgan fingerprint density at radius 3 is 0.873 bits per heavy atom. The highest BCUT2D eigenvalue weighted by atomic mass is 16.6. The quantitative estimate of drug-likeness (QED) is 0.0761. The molecule has 8 bridgehead atoms. The maximum absolute atomic E-state index is 13.2. The molecule has 24 nitrogen and oxygen atoms in total. The number of rotatable bonds is 21. The SMILES string of the molecule is CCC(C)(C)C(=O)OC1C2CC3C1OC(=O)C3C2C(=O)OC1(C)CCCC1.CCC(C)(C)C(=O)OC1C2CC3C1OC(=O)C3C2C(=O)OC1(C)CCCCC1.CCC(C)(C)C(=O)OC1C2CC3C1OC(=O)C3C2C(=O)OC1CCCCC1.CCC1(OC(=O)C2C3CC4C(OC(=O)C42)C3OC(=O)C(C)(C)CC)CCCC1. The number of esters is 12. The fourth-order valence-electron chi connectivity index (χ4n) is 22.1. The molecule has 16 fully saturated rings. The monoisotopic (exact) mass is 1540 g/mol. The maximum atomic E-state index is 13.2. The molecular weight excluding hydrogens is 1420 g/mol. The Balaban J connectivity index is 0.000000129. The second-order valence-electron chi connectivity index (χ2n) is 38.9. The van der Waals surface area contributed by atoms with Crippen molar-refractivity contribution in [3.8, 4) is 0 Å². The molecule has 0 aromatic heterocycles. The molecule has 4 heterocycles. The van der Waals surface area contributed by atoms with Crippen LogP contribution in [0.5, 0.6) is 0 Å². The van der Waals surface area contributed by atoms with Gasteiger partial charge in [-0.3, -0.25) is 57.5 Å². The second kappa shape index (κ2) is 30.8. The van der Waals surface area contributed by atoms with Crippen molar-refractivity contribution in [3.05, 3.63) is 0 Å². The molecule has 0 aromatic rings. The van der Waals surface area contributed by atoms with E-state index in [4.69, 9.17) is 56.8 Å². The number of fused-ring (bicyclic) bond motifs is 4. The Bertz CT molecular complexity index is 3560. The summed E-state index contributed by atoms with van der Waals surface area (Å²) in [6.45, 7) is 28.6. The van der Waals surface area contributed by atoms with E-state index in [-0.39, 0.29) is 125 Å². The predicted octanol–water partition coefficient (Wildman–Crippen LogP) is 12.9. The number of carbonyl (C=O) groups is 12. The van der Waals surface area contributed by atoms with Crippen LogP contribution in [0.15, 0.2) is 0 Å². The lowest BCUT2D eigenvalue weighted by Crippen LogP contribution is -2.47. The van der Waals surface area contributed by atoms with Gasteiger partial charge in [-0.2, -0.15) is 0 Å². The van der Waals surface area contributed by atoms with E-state index in [0.717, 1.165) is 109 Å². The Morgan fingerprint density at radius 2 is 0.591 bits per heavy atom. The normalized spacial score (nSPS) is 38.2. The summed E-state index contributed by atoms with van der Waals surface area (Å²) in [7, 11) is 0. The first-order chi connectivity index (χ1) is 51.9. The molecule has 16 aliphatic rings. The molecule has 24 heteroatoms. The fraction of sp³-hybridized carbons (Fsp3) is 0.860. The Morgan fingerprint density at radius 1 is 0.336 bits per heavy atom. The van der Waals surface area contributed by atoms with Crippen molar-refractivity contribution in [1.29, 1.82) is 0 Å². The number of ether oxygens (including phenoxy) is 12. The minimum absolute atomic E-state index is 0.0334. The number of hydrogen-bond donors (Lipinski definition) is 0. The van der Waals surface area contributed by atoms with Gasteiger partial charge in [-0.25, -0.2) is 0 Å². The van der Waals surface area contributed by atoms with Gasteiger partial charge in [-0.1, -0.05) is 47.5 Å². The molecule has 24 unspecified atom stereocenters. The van der Waals surface area contributed by atoms with E-state index in [2.05, 4.69) is 6.92 Å². The zero-order chi connectivity index (χ0) is 79.4. The van der Waals surface area contributed by atoms with E-state index in [1.54, 1.807) is 0 Å². The molecule has 110 heavy (non-hydrogen) atoms. The molecule has 612 valence electrons. The molecule has 12 aliphatic carbocycles. The third kappa shape index (κ3) is 14.8. The van der Waals surface area contributed by atoms with Crippen molar-refractivity contribution in [2.45, 2.75) is 349 Å². The van der Waals surface area contributed by atoms with Crippen LogP contribution >= 0.6 is 0 Å². The van der Waals surface area contributed by atoms with Crippen molar-refractivity contribution in [2.75, 3.05) is 0 Å². The van der Waals surface area contributed by atoms with E-state index in [1.807, 2.05) is 96.9 Å². The van der Waals surface area contributed by atoms with Crippen LogP contribution in [0.3, 0.4) is 0 Å². The standard InChI is InChI=1S/2C22H32O6.2C21H30O6/c1-5-21(2,3)20(25)27-17-13-11-12-14(18(23)26-16(12)17)15(13)19(24)28-22(4)9-7-6-8-10-22;1-5-21(3,4)20(25)27-17-13-11-12-14(18(23)26-16(12)17)15(13)19(24)28-22(6-2)9-7-8-10-22;1-5-20(2,3)19(24)26-16-12-10-11-13(17(22)25-15(11)16)14(12)18(23)27-21(4)8-6-7-9-21;1-4-21(2,3)20(24)27-17-13-10-12-15(19(23)26-16(12)17)14(13)18(22)25-11-8-6-5-7-9-11/h2*12-17H,5-11H2,1-4H3;11-16H,5-10H2,1-4H3;11-17H,4-10H2,1-3H3. The Labute approximate surface area is 648 Å². The summed E-state index contributed by atoms with van der Waals surface area (Å²) in [5.41, 5.74) is -3.67. The summed E-state index contributed by atoms with van der Waals surface area (Å²) >= 11 is 0. The fourth-order valence-corrected chi connectivity index (χ4v) is 22.1. The molecule has 16 rings (SSSR count). The molecule has 0 spiro atoms. The minimum Gasteiger partial charge on any atom is -0.462 e. The van der Waals surface area contributed by atoms with Crippen LogP contribution in [0.25, 0.3) is 0 Å². The predicted molar refractivity (Wildman–Crippen MR) is 391 cm³/mol. The molecular formula is C86H124O24. The van der Waals surface area contributed by atoms with Gasteiger partial charge in [0.15, 0.2) is 0 Å². The first kappa shape index (κ1) is 81.6. The van der Waals surface area contributed by atoms with Crippen molar-refractivity contribution in [3.63, 3.8) is 0 Å². The van der Waals surface area contributed by atoms with E-state index in [1.165, 1.54) is 12.8 Å². The summed E-state index contributed by atoms with van der Waals surface area (Å²) < 4.78 is 69.3. The third-order valence-electron chi connectivity index (χ3n) is 30.6. The molecule has 0 radical (unpaired) electrons. The largest absolute Gasteiger partial charge is 0.462 e. The van der Waals surface area contributed by atoms with Crippen molar-refractivity contribution in [2.24, 2.45) is 116 Å². The van der Waals surface area contributed by atoms with Gasteiger partial charge in [0, 0.05) is 47.3 Å². The van der Waals surface area contributed by atoms with Crippen molar-refractivity contribution in [1.82, 2.24) is 0 Å². The Kier molecular flexibility index (Phi) is 22.8. The first-order valence-corrected chi connectivity index (χ1v) is 42.4. The summed E-state index contributed by atoms with van der Waals surface area (Å²) in [4.78, 5) is 153. The summed E-state index contributed by atoms with van der Waals surface area (Å²) in [5, 5.41) is 0. The zero-order valence-corrected chi connectivity index (χ0v) is 67.8. The van der Waals surface area contributed by atoms with Gasteiger partial charge in [0.1, 0.15) is 71.7 Å². The lowest BCUT2D eigenvalue weighted by molar-refractivity contribution is -0.179. The second-order valence-corrected chi connectivity index (χ2v) is 38.9. The van der Waals surface area contributed by atoms with Crippen LogP contribution in [0.4, 0.5) is 0 Å². The van der Waals surface area contributed by atoms with E-state index in [0.29, 0.717) is 51.4 Å². The van der Waals surface area contributed by atoms with Gasteiger partial charge in [0.25, 0.3) is 0 Å². The van der Waals surface area contributed by atoms with Gasteiger partial charge in [-0.15, -0.1) is 0 Å². The van der Waals surface area contributed by atoms with Gasteiger partial charge >= 0.3 is 71.6 Å². The molecule has 4 saturated heterocycles. The molecule has 0 N–H and O–H groups in total. The first-order valence-electron chi connectivity index (χ1n) is 42.4. The highest BCUT2D eigenvalue weighted by Gasteiger charge is 2.75. The zero-order valence-electron chi connectivity index (χ0n) is 67.8. The lowest BCUT2D eigenvalue weighted by atomic mass is 9.78. The minimum atomic E-state index is -0.602. The van der Waals surface area contributed by atoms with Crippen LogP contribution in [0.2, 0.25) is 0 Å². The van der Waals surface area contributed by atoms with Crippen LogP contribution in [-0.2, 0) is 114 Å². The molecule has 0 aromatic carbocycles.